The average molecular weight is 199 g/mol. The minimum absolute atomic E-state index is 0.162. The molecule has 0 fully saturated rings. The highest BCUT2D eigenvalue weighted by Gasteiger charge is 2.20. The Hall–Kier alpha value is -0.340. The van der Waals surface area contributed by atoms with E-state index in [0.29, 0.717) is 5.92 Å². The third-order valence-electron chi connectivity index (χ3n) is 2.38. The molecule has 0 amide bonds. The van der Waals surface area contributed by atoms with Crippen molar-refractivity contribution in [3.05, 3.63) is 12.7 Å². The van der Waals surface area contributed by atoms with Crippen LogP contribution >= 0.6 is 0 Å². The Morgan fingerprint density at radius 2 is 2.07 bits per heavy atom. The summed E-state index contributed by atoms with van der Waals surface area (Å²) in [6.07, 6.45) is 5.32. The summed E-state index contributed by atoms with van der Waals surface area (Å²) in [4.78, 5) is 0. The Labute approximate surface area is 88.5 Å². The van der Waals surface area contributed by atoms with Gasteiger partial charge >= 0.3 is 0 Å². The van der Waals surface area contributed by atoms with Crippen molar-refractivity contribution in [2.45, 2.75) is 52.2 Å². The second-order valence-electron chi connectivity index (χ2n) is 4.05. The predicted molar refractivity (Wildman–Crippen MR) is 62.3 cm³/mol. The number of allylic oxidation sites excluding steroid dienone is 1. The first-order valence-corrected chi connectivity index (χ1v) is 5.61. The number of nitrogens with two attached hydrogens (primary N) is 1. The summed E-state index contributed by atoms with van der Waals surface area (Å²) in [6.45, 7) is 10.8. The Morgan fingerprint density at radius 3 is 2.50 bits per heavy atom. The van der Waals surface area contributed by atoms with Crippen LogP contribution in [-0.2, 0) is 4.74 Å². The predicted octanol–water partition coefficient (Wildman–Crippen LogP) is 2.73. The van der Waals surface area contributed by atoms with Gasteiger partial charge in [-0.1, -0.05) is 19.9 Å². The van der Waals surface area contributed by atoms with E-state index in [1.807, 2.05) is 13.0 Å². The maximum absolute atomic E-state index is 6.09. The van der Waals surface area contributed by atoms with Crippen LogP contribution in [-0.4, -0.2) is 18.8 Å². The molecular weight excluding hydrogens is 174 g/mol. The van der Waals surface area contributed by atoms with Crippen molar-refractivity contribution in [1.82, 2.24) is 0 Å². The van der Waals surface area contributed by atoms with Crippen LogP contribution in [0, 0.1) is 5.92 Å². The largest absolute Gasteiger partial charge is 0.377 e. The molecule has 2 unspecified atom stereocenters. The Morgan fingerprint density at radius 1 is 1.43 bits per heavy atom. The van der Waals surface area contributed by atoms with Gasteiger partial charge in [0, 0.05) is 12.6 Å². The molecule has 0 aromatic rings. The van der Waals surface area contributed by atoms with Gasteiger partial charge in [-0.15, -0.1) is 6.58 Å². The Kier molecular flexibility index (Phi) is 7.81. The van der Waals surface area contributed by atoms with E-state index in [1.165, 1.54) is 0 Å². The minimum atomic E-state index is 0.162. The fourth-order valence-corrected chi connectivity index (χ4v) is 1.67. The fourth-order valence-electron chi connectivity index (χ4n) is 1.67. The third-order valence-corrected chi connectivity index (χ3v) is 2.38. The fraction of sp³-hybridized carbons (Fsp3) is 0.833. The maximum atomic E-state index is 6.09. The molecule has 2 N–H and O–H groups in total. The van der Waals surface area contributed by atoms with Gasteiger partial charge in [-0.3, -0.25) is 0 Å². The molecule has 0 heterocycles. The molecule has 0 aromatic carbocycles. The highest BCUT2D eigenvalue weighted by Crippen LogP contribution is 2.14. The molecule has 0 aliphatic carbocycles. The summed E-state index contributed by atoms with van der Waals surface area (Å²) in [5.41, 5.74) is 6.09. The summed E-state index contributed by atoms with van der Waals surface area (Å²) in [5.74, 6) is 0.494. The minimum Gasteiger partial charge on any atom is -0.377 e. The van der Waals surface area contributed by atoms with Crippen molar-refractivity contribution in [2.24, 2.45) is 11.7 Å². The monoisotopic (exact) mass is 199 g/mol. The lowest BCUT2D eigenvalue weighted by atomic mass is 9.96. The molecule has 14 heavy (non-hydrogen) atoms. The normalized spacial score (nSPS) is 15.5. The van der Waals surface area contributed by atoms with Gasteiger partial charge < -0.3 is 10.5 Å². The average Bonchev–Trinajstić information content (AvgIpc) is 2.13. The van der Waals surface area contributed by atoms with E-state index >= 15 is 0 Å². The molecule has 0 rings (SSSR count). The zero-order valence-corrected chi connectivity index (χ0v) is 9.83. The number of unbranched alkanes of at least 4 members (excludes halogenated alkanes) is 1. The number of hydrogen-bond donors (Lipinski definition) is 1. The van der Waals surface area contributed by atoms with Crippen molar-refractivity contribution in [3.63, 3.8) is 0 Å². The summed E-state index contributed by atoms with van der Waals surface area (Å²) >= 11 is 0. The highest BCUT2D eigenvalue weighted by atomic mass is 16.5. The highest BCUT2D eigenvalue weighted by molar-refractivity contribution is 4.78. The second-order valence-corrected chi connectivity index (χ2v) is 4.05. The first-order valence-electron chi connectivity index (χ1n) is 5.61. The topological polar surface area (TPSA) is 35.2 Å². The van der Waals surface area contributed by atoms with Crippen molar-refractivity contribution < 1.29 is 4.74 Å². The molecule has 2 nitrogen and oxygen atoms in total. The lowest BCUT2D eigenvalue weighted by molar-refractivity contribution is 0.0105. The maximum Gasteiger partial charge on any atom is 0.0748 e. The van der Waals surface area contributed by atoms with Crippen LogP contribution in [0.4, 0.5) is 0 Å². The molecule has 0 radical (unpaired) electrons. The van der Waals surface area contributed by atoms with Crippen LogP contribution in [0.1, 0.15) is 40.0 Å². The zero-order chi connectivity index (χ0) is 11.0. The van der Waals surface area contributed by atoms with Crippen LogP contribution in [0.15, 0.2) is 12.7 Å². The van der Waals surface area contributed by atoms with E-state index in [4.69, 9.17) is 10.5 Å². The van der Waals surface area contributed by atoms with Crippen molar-refractivity contribution in [2.75, 3.05) is 6.61 Å². The number of rotatable bonds is 8. The number of ether oxygens (including phenoxy) is 1. The van der Waals surface area contributed by atoms with Crippen LogP contribution in [0.3, 0.4) is 0 Å². The van der Waals surface area contributed by atoms with E-state index in [2.05, 4.69) is 20.4 Å². The third kappa shape index (κ3) is 5.40. The standard InChI is InChI=1S/C12H25NO/c1-5-7-8-9-11(13)12(10(3)4)14-6-2/h5,10-12H,1,6-9,13H2,2-4H3. The van der Waals surface area contributed by atoms with Gasteiger partial charge in [0.15, 0.2) is 0 Å². The van der Waals surface area contributed by atoms with E-state index < -0.39 is 0 Å². The molecule has 0 bridgehead atoms. The molecule has 0 aliphatic rings. The van der Waals surface area contributed by atoms with Crippen LogP contribution in [0.5, 0.6) is 0 Å². The van der Waals surface area contributed by atoms with E-state index in [-0.39, 0.29) is 12.1 Å². The molecule has 0 spiro atoms. The van der Waals surface area contributed by atoms with Crippen molar-refractivity contribution >= 4 is 0 Å². The lowest BCUT2D eigenvalue weighted by Crippen LogP contribution is -2.40. The van der Waals surface area contributed by atoms with Gasteiger partial charge in [0.25, 0.3) is 0 Å². The molecule has 2 atom stereocenters. The Bertz CT molecular complexity index is 145. The molecule has 2 heteroatoms. The molecule has 0 aliphatic heterocycles. The molecule has 0 saturated heterocycles. The van der Waals surface area contributed by atoms with Crippen molar-refractivity contribution in [1.29, 1.82) is 0 Å². The summed E-state index contributed by atoms with van der Waals surface area (Å²) in [7, 11) is 0. The first-order chi connectivity index (χ1) is 6.63. The van der Waals surface area contributed by atoms with Gasteiger partial charge in [0.05, 0.1) is 6.10 Å². The van der Waals surface area contributed by atoms with E-state index in [0.717, 1.165) is 25.9 Å². The number of hydrogen-bond acceptors (Lipinski definition) is 2. The summed E-state index contributed by atoms with van der Waals surface area (Å²) in [6, 6.07) is 0.162. The van der Waals surface area contributed by atoms with Crippen LogP contribution in [0.2, 0.25) is 0 Å². The lowest BCUT2D eigenvalue weighted by Gasteiger charge is -2.27. The molecule has 0 aromatic heterocycles. The Balaban J connectivity index is 3.87. The van der Waals surface area contributed by atoms with Gasteiger partial charge in [-0.05, 0) is 32.1 Å². The molecular formula is C12H25NO. The summed E-state index contributed by atoms with van der Waals surface area (Å²) < 4.78 is 5.65. The molecule has 0 saturated carbocycles. The van der Waals surface area contributed by atoms with E-state index in [9.17, 15) is 0 Å². The van der Waals surface area contributed by atoms with Crippen molar-refractivity contribution in [3.8, 4) is 0 Å². The van der Waals surface area contributed by atoms with Crippen LogP contribution in [0.25, 0.3) is 0 Å². The second kappa shape index (κ2) is 8.01. The summed E-state index contributed by atoms with van der Waals surface area (Å²) in [5, 5.41) is 0. The van der Waals surface area contributed by atoms with Gasteiger partial charge in [0.1, 0.15) is 0 Å². The SMILES string of the molecule is C=CCCCC(N)C(OCC)C(C)C. The zero-order valence-electron chi connectivity index (χ0n) is 9.83. The quantitative estimate of drug-likeness (QED) is 0.482. The molecule has 84 valence electrons. The smallest absolute Gasteiger partial charge is 0.0748 e. The van der Waals surface area contributed by atoms with Gasteiger partial charge in [-0.2, -0.15) is 0 Å². The van der Waals surface area contributed by atoms with Gasteiger partial charge in [0.2, 0.25) is 0 Å². The van der Waals surface area contributed by atoms with Gasteiger partial charge in [-0.25, -0.2) is 0 Å². The van der Waals surface area contributed by atoms with Crippen LogP contribution < -0.4 is 5.73 Å². The first kappa shape index (κ1) is 13.7. The van der Waals surface area contributed by atoms with E-state index in [1.54, 1.807) is 0 Å².